The fourth-order valence-corrected chi connectivity index (χ4v) is 3.90. The summed E-state index contributed by atoms with van der Waals surface area (Å²) in [5.74, 6) is 0.856. The van der Waals surface area contributed by atoms with E-state index in [0.29, 0.717) is 0 Å². The molecule has 2 aromatic heterocycles. The van der Waals surface area contributed by atoms with Crippen LogP contribution in [0.4, 0.5) is 5.13 Å². The highest BCUT2D eigenvalue weighted by Gasteiger charge is 2.19. The number of hydrogen-bond acceptors (Lipinski definition) is 3. The van der Waals surface area contributed by atoms with E-state index in [1.165, 1.54) is 34.4 Å². The molecule has 0 atom stereocenters. The van der Waals surface area contributed by atoms with Crippen LogP contribution in [0.15, 0.2) is 35.8 Å². The Balaban J connectivity index is 1.65. The van der Waals surface area contributed by atoms with Gasteiger partial charge in [-0.25, -0.2) is 4.98 Å². The number of benzene rings is 1. The highest BCUT2D eigenvalue weighted by Crippen LogP contribution is 2.33. The van der Waals surface area contributed by atoms with Crippen LogP contribution in [0.25, 0.3) is 22.2 Å². The van der Waals surface area contributed by atoms with Crippen LogP contribution in [0, 0.1) is 5.92 Å². The molecular formula is C17H19N3S. The Morgan fingerprint density at radius 1 is 1.24 bits per heavy atom. The number of rotatable bonds is 2. The zero-order valence-corrected chi connectivity index (χ0v) is 13.0. The number of thiazole rings is 1. The average Bonchev–Trinajstić information content (AvgIpc) is 3.14. The Hall–Kier alpha value is -1.81. The van der Waals surface area contributed by atoms with Crippen LogP contribution in [0.1, 0.15) is 19.8 Å². The van der Waals surface area contributed by atoms with Gasteiger partial charge < -0.3 is 9.88 Å². The van der Waals surface area contributed by atoms with Gasteiger partial charge in [-0.2, -0.15) is 0 Å². The molecule has 0 spiro atoms. The van der Waals surface area contributed by atoms with Gasteiger partial charge >= 0.3 is 0 Å². The second-order valence-corrected chi connectivity index (χ2v) is 6.77. The largest absolute Gasteiger partial charge is 0.360 e. The van der Waals surface area contributed by atoms with Crippen molar-refractivity contribution >= 4 is 27.4 Å². The van der Waals surface area contributed by atoms with Crippen molar-refractivity contribution in [3.63, 3.8) is 0 Å². The fraction of sp³-hybridized carbons (Fsp3) is 0.353. The fourth-order valence-electron chi connectivity index (χ4n) is 3.02. The molecule has 4 rings (SSSR count). The predicted octanol–water partition coefficient (Wildman–Crippen LogP) is 4.53. The van der Waals surface area contributed by atoms with E-state index in [1.54, 1.807) is 11.3 Å². The zero-order chi connectivity index (χ0) is 14.2. The van der Waals surface area contributed by atoms with Crippen LogP contribution < -0.4 is 4.90 Å². The van der Waals surface area contributed by atoms with Gasteiger partial charge in [-0.1, -0.05) is 25.1 Å². The maximum absolute atomic E-state index is 4.88. The third-order valence-corrected chi connectivity index (χ3v) is 5.31. The quantitative estimate of drug-likeness (QED) is 0.753. The van der Waals surface area contributed by atoms with Crippen molar-refractivity contribution in [1.82, 2.24) is 9.97 Å². The Kier molecular flexibility index (Phi) is 3.19. The minimum Gasteiger partial charge on any atom is -0.360 e. The van der Waals surface area contributed by atoms with Gasteiger partial charge in [0.2, 0.25) is 0 Å². The zero-order valence-electron chi connectivity index (χ0n) is 12.2. The van der Waals surface area contributed by atoms with Gasteiger partial charge in [0.05, 0.1) is 5.69 Å². The molecule has 0 amide bonds. The lowest BCUT2D eigenvalue weighted by atomic mass is 10.00. The summed E-state index contributed by atoms with van der Waals surface area (Å²) in [5.41, 5.74) is 3.47. The minimum absolute atomic E-state index is 0.856. The highest BCUT2D eigenvalue weighted by molar-refractivity contribution is 7.14. The summed E-state index contributed by atoms with van der Waals surface area (Å²) in [4.78, 5) is 10.6. The number of hydrogen-bond donors (Lipinski definition) is 1. The first-order valence-corrected chi connectivity index (χ1v) is 8.46. The molecule has 108 valence electrons. The lowest BCUT2D eigenvalue weighted by Crippen LogP contribution is -2.32. The van der Waals surface area contributed by atoms with Crippen molar-refractivity contribution in [2.75, 3.05) is 18.0 Å². The van der Waals surface area contributed by atoms with E-state index in [2.05, 4.69) is 52.7 Å². The van der Waals surface area contributed by atoms with E-state index in [0.717, 1.165) is 24.7 Å². The number of H-pyrrole nitrogens is 1. The molecule has 1 aliphatic heterocycles. The molecule has 1 aromatic carbocycles. The van der Waals surface area contributed by atoms with Gasteiger partial charge in [0.25, 0.3) is 0 Å². The number of fused-ring (bicyclic) bond motifs is 1. The summed E-state index contributed by atoms with van der Waals surface area (Å²) >= 11 is 1.77. The van der Waals surface area contributed by atoms with Crippen LogP contribution in [0.3, 0.4) is 0 Å². The molecule has 1 saturated heterocycles. The molecule has 0 radical (unpaired) electrons. The second kappa shape index (κ2) is 5.19. The lowest BCUT2D eigenvalue weighted by Gasteiger charge is -2.29. The van der Waals surface area contributed by atoms with Crippen LogP contribution in [0.2, 0.25) is 0 Å². The summed E-state index contributed by atoms with van der Waals surface area (Å²) in [5, 5.41) is 4.60. The molecule has 0 saturated carbocycles. The first-order chi connectivity index (χ1) is 10.3. The highest BCUT2D eigenvalue weighted by atomic mass is 32.1. The van der Waals surface area contributed by atoms with Crippen LogP contribution >= 0.6 is 11.3 Å². The number of nitrogens with one attached hydrogen (secondary N) is 1. The Labute approximate surface area is 128 Å². The number of anilines is 1. The summed E-state index contributed by atoms with van der Waals surface area (Å²) in [7, 11) is 0. The van der Waals surface area contributed by atoms with E-state index in [1.807, 2.05) is 0 Å². The monoisotopic (exact) mass is 297 g/mol. The van der Waals surface area contributed by atoms with Gasteiger partial charge in [0, 0.05) is 41.1 Å². The number of para-hydroxylation sites is 1. The molecule has 0 bridgehead atoms. The van der Waals surface area contributed by atoms with Crippen molar-refractivity contribution < 1.29 is 0 Å². The predicted molar refractivity (Wildman–Crippen MR) is 90.0 cm³/mol. The smallest absolute Gasteiger partial charge is 0.185 e. The van der Waals surface area contributed by atoms with Crippen LogP contribution in [0.5, 0.6) is 0 Å². The first-order valence-electron chi connectivity index (χ1n) is 7.58. The Bertz CT molecular complexity index is 750. The van der Waals surface area contributed by atoms with Crippen molar-refractivity contribution in [2.45, 2.75) is 19.8 Å². The third-order valence-electron chi connectivity index (χ3n) is 4.41. The molecule has 3 heterocycles. The van der Waals surface area contributed by atoms with E-state index in [4.69, 9.17) is 4.98 Å². The molecule has 3 nitrogen and oxygen atoms in total. The van der Waals surface area contributed by atoms with Gasteiger partial charge in [-0.05, 0) is 24.8 Å². The Morgan fingerprint density at radius 3 is 2.90 bits per heavy atom. The molecule has 0 aliphatic carbocycles. The summed E-state index contributed by atoms with van der Waals surface area (Å²) < 4.78 is 0. The van der Waals surface area contributed by atoms with Crippen LogP contribution in [-0.4, -0.2) is 23.1 Å². The molecule has 4 heteroatoms. The molecule has 1 aliphatic rings. The number of aromatic nitrogens is 2. The summed E-state index contributed by atoms with van der Waals surface area (Å²) in [6.45, 7) is 4.63. The van der Waals surface area contributed by atoms with Gasteiger partial charge in [0.1, 0.15) is 0 Å². The standard InChI is InChI=1S/C17H19N3S/c1-12-6-8-20(9-7-12)17-19-16(11-21-17)14-10-18-15-5-3-2-4-13(14)15/h2-5,10-12,18H,6-9H2,1H3. The average molecular weight is 297 g/mol. The van der Waals surface area contributed by atoms with Gasteiger partial charge in [0.15, 0.2) is 5.13 Å². The van der Waals surface area contributed by atoms with E-state index >= 15 is 0 Å². The van der Waals surface area contributed by atoms with Crippen LogP contribution in [-0.2, 0) is 0 Å². The first kappa shape index (κ1) is 12.9. The van der Waals surface area contributed by atoms with Gasteiger partial charge in [-0.3, -0.25) is 0 Å². The van der Waals surface area contributed by atoms with Crippen molar-refractivity contribution in [2.24, 2.45) is 5.92 Å². The van der Waals surface area contributed by atoms with Crippen molar-refractivity contribution in [3.05, 3.63) is 35.8 Å². The summed E-state index contributed by atoms with van der Waals surface area (Å²) in [6.07, 6.45) is 4.63. The normalized spacial score (nSPS) is 16.7. The van der Waals surface area contributed by atoms with E-state index < -0.39 is 0 Å². The number of nitrogens with zero attached hydrogens (tertiary/aromatic N) is 2. The summed E-state index contributed by atoms with van der Waals surface area (Å²) in [6, 6.07) is 8.41. The molecule has 1 fully saturated rings. The van der Waals surface area contributed by atoms with Gasteiger partial charge in [-0.15, -0.1) is 11.3 Å². The lowest BCUT2D eigenvalue weighted by molar-refractivity contribution is 0.438. The second-order valence-electron chi connectivity index (χ2n) is 5.93. The molecule has 3 aromatic rings. The maximum atomic E-state index is 4.88. The van der Waals surface area contributed by atoms with Crippen molar-refractivity contribution in [1.29, 1.82) is 0 Å². The molecule has 1 N–H and O–H groups in total. The van der Waals surface area contributed by atoms with E-state index in [-0.39, 0.29) is 0 Å². The number of aromatic amines is 1. The molecular weight excluding hydrogens is 278 g/mol. The molecule has 0 unspecified atom stereocenters. The molecule has 21 heavy (non-hydrogen) atoms. The SMILES string of the molecule is CC1CCN(c2nc(-c3c[nH]c4ccccc34)cs2)CC1. The van der Waals surface area contributed by atoms with E-state index in [9.17, 15) is 0 Å². The third kappa shape index (κ3) is 2.33. The number of piperidine rings is 1. The van der Waals surface area contributed by atoms with Crippen molar-refractivity contribution in [3.8, 4) is 11.3 Å². The Morgan fingerprint density at radius 2 is 2.05 bits per heavy atom. The topological polar surface area (TPSA) is 31.9 Å². The minimum atomic E-state index is 0.856. The maximum Gasteiger partial charge on any atom is 0.185 e.